The molecule has 1 N–H and O–H groups in total. The third-order valence-corrected chi connectivity index (χ3v) is 3.24. The molecule has 1 rings (SSSR count). The van der Waals surface area contributed by atoms with Crippen molar-refractivity contribution in [3.63, 3.8) is 0 Å². The summed E-state index contributed by atoms with van der Waals surface area (Å²) >= 11 is 0. The Morgan fingerprint density at radius 3 is 2.17 bits per heavy atom. The minimum Gasteiger partial charge on any atom is -0.390 e. The number of hydrogen-bond donors (Lipinski definition) is 1. The van der Waals surface area contributed by atoms with E-state index in [2.05, 4.69) is 45.0 Å². The molecule has 0 saturated heterocycles. The van der Waals surface area contributed by atoms with Crippen molar-refractivity contribution in [2.24, 2.45) is 0 Å². The Morgan fingerprint density at radius 1 is 1.17 bits per heavy atom. The molecule has 0 heterocycles. The largest absolute Gasteiger partial charge is 0.390 e. The number of hydrogen-bond acceptors (Lipinski definition) is 2. The Labute approximate surface area is 111 Å². The van der Waals surface area contributed by atoms with Crippen molar-refractivity contribution >= 4 is 0 Å². The lowest BCUT2D eigenvalue weighted by molar-refractivity contribution is -0.0208. The zero-order valence-corrected chi connectivity index (χ0v) is 12.2. The molecule has 0 saturated carbocycles. The number of aliphatic hydroxyl groups excluding tert-OH is 1. The molecule has 18 heavy (non-hydrogen) atoms. The fourth-order valence-corrected chi connectivity index (χ4v) is 1.92. The SMILES string of the molecule is CCOC(C)C(O)Cc1ccc(C(C)(C)C)cc1. The zero-order chi connectivity index (χ0) is 13.8. The Bertz CT molecular complexity index is 348. The second-order valence-corrected chi connectivity index (χ2v) is 5.88. The van der Waals surface area contributed by atoms with Crippen molar-refractivity contribution in [2.75, 3.05) is 6.61 Å². The van der Waals surface area contributed by atoms with Gasteiger partial charge >= 0.3 is 0 Å². The van der Waals surface area contributed by atoms with E-state index >= 15 is 0 Å². The van der Waals surface area contributed by atoms with Crippen molar-refractivity contribution in [3.05, 3.63) is 35.4 Å². The van der Waals surface area contributed by atoms with Crippen molar-refractivity contribution in [1.82, 2.24) is 0 Å². The molecule has 0 aromatic heterocycles. The number of rotatable bonds is 5. The Hall–Kier alpha value is -0.860. The molecule has 1 aromatic carbocycles. The highest BCUT2D eigenvalue weighted by Crippen LogP contribution is 2.22. The van der Waals surface area contributed by atoms with Gasteiger partial charge in [-0.05, 0) is 30.4 Å². The van der Waals surface area contributed by atoms with Crippen molar-refractivity contribution in [1.29, 1.82) is 0 Å². The second-order valence-electron chi connectivity index (χ2n) is 5.88. The predicted molar refractivity (Wildman–Crippen MR) is 75.9 cm³/mol. The van der Waals surface area contributed by atoms with E-state index < -0.39 is 6.10 Å². The summed E-state index contributed by atoms with van der Waals surface area (Å²) in [7, 11) is 0. The second kappa shape index (κ2) is 6.35. The molecule has 0 bridgehead atoms. The summed E-state index contributed by atoms with van der Waals surface area (Å²) in [6.45, 7) is 11.1. The average molecular weight is 250 g/mol. The standard InChI is InChI=1S/C16H26O2/c1-6-18-12(2)15(17)11-13-7-9-14(10-8-13)16(3,4)5/h7-10,12,15,17H,6,11H2,1-5H3. The Balaban J connectivity index is 2.64. The molecule has 102 valence electrons. The fourth-order valence-electron chi connectivity index (χ4n) is 1.92. The smallest absolute Gasteiger partial charge is 0.0839 e. The fraction of sp³-hybridized carbons (Fsp3) is 0.625. The molecule has 0 aliphatic carbocycles. The molecule has 0 aliphatic heterocycles. The molecule has 2 unspecified atom stereocenters. The summed E-state index contributed by atoms with van der Waals surface area (Å²) in [4.78, 5) is 0. The number of aliphatic hydroxyl groups is 1. The molecule has 2 nitrogen and oxygen atoms in total. The van der Waals surface area contributed by atoms with Crippen LogP contribution in [0.2, 0.25) is 0 Å². The van der Waals surface area contributed by atoms with Crippen LogP contribution in [-0.4, -0.2) is 23.9 Å². The summed E-state index contributed by atoms with van der Waals surface area (Å²) in [6, 6.07) is 8.49. The lowest BCUT2D eigenvalue weighted by Crippen LogP contribution is -2.28. The van der Waals surface area contributed by atoms with Gasteiger partial charge in [0.05, 0.1) is 12.2 Å². The first-order chi connectivity index (χ1) is 8.34. The summed E-state index contributed by atoms with van der Waals surface area (Å²) in [6.07, 6.45) is 0.0914. The maximum Gasteiger partial charge on any atom is 0.0839 e. The molecule has 0 amide bonds. The maximum absolute atomic E-state index is 10.0. The maximum atomic E-state index is 10.0. The minimum atomic E-state index is -0.439. The van der Waals surface area contributed by atoms with E-state index in [0.717, 1.165) is 5.56 Å². The molecule has 0 spiro atoms. The van der Waals surface area contributed by atoms with Gasteiger partial charge < -0.3 is 9.84 Å². The molecular formula is C16H26O2. The third-order valence-electron chi connectivity index (χ3n) is 3.24. The van der Waals surface area contributed by atoms with Gasteiger partial charge in [-0.3, -0.25) is 0 Å². The number of ether oxygens (including phenoxy) is 1. The monoisotopic (exact) mass is 250 g/mol. The molecule has 0 fully saturated rings. The van der Waals surface area contributed by atoms with Crippen LogP contribution in [0.5, 0.6) is 0 Å². The Kier molecular flexibility index (Phi) is 5.36. The van der Waals surface area contributed by atoms with E-state index in [1.807, 2.05) is 13.8 Å². The van der Waals surface area contributed by atoms with Crippen molar-refractivity contribution < 1.29 is 9.84 Å². The van der Waals surface area contributed by atoms with Gasteiger partial charge in [0.15, 0.2) is 0 Å². The van der Waals surface area contributed by atoms with Crippen LogP contribution in [-0.2, 0) is 16.6 Å². The van der Waals surface area contributed by atoms with E-state index in [-0.39, 0.29) is 11.5 Å². The van der Waals surface area contributed by atoms with Gasteiger partial charge in [0.2, 0.25) is 0 Å². The minimum absolute atomic E-state index is 0.114. The molecular weight excluding hydrogens is 224 g/mol. The van der Waals surface area contributed by atoms with E-state index in [4.69, 9.17) is 4.74 Å². The first-order valence-electron chi connectivity index (χ1n) is 6.73. The lowest BCUT2D eigenvalue weighted by Gasteiger charge is -2.21. The zero-order valence-electron chi connectivity index (χ0n) is 12.2. The normalized spacial score (nSPS) is 15.4. The first kappa shape index (κ1) is 15.2. The van der Waals surface area contributed by atoms with Crippen LogP contribution < -0.4 is 0 Å². The van der Waals surface area contributed by atoms with Gasteiger partial charge in [-0.1, -0.05) is 45.0 Å². The molecule has 2 heteroatoms. The summed E-state index contributed by atoms with van der Waals surface area (Å²) in [5.74, 6) is 0. The average Bonchev–Trinajstić information content (AvgIpc) is 2.28. The Morgan fingerprint density at radius 2 is 1.72 bits per heavy atom. The summed E-state index contributed by atoms with van der Waals surface area (Å²) in [5.41, 5.74) is 2.65. The van der Waals surface area contributed by atoms with Gasteiger partial charge in [-0.2, -0.15) is 0 Å². The van der Waals surface area contributed by atoms with Gasteiger partial charge in [0, 0.05) is 13.0 Å². The quantitative estimate of drug-likeness (QED) is 0.868. The van der Waals surface area contributed by atoms with Crippen molar-refractivity contribution in [2.45, 2.75) is 58.7 Å². The van der Waals surface area contributed by atoms with Crippen LogP contribution in [0.4, 0.5) is 0 Å². The highest BCUT2D eigenvalue weighted by Gasteiger charge is 2.16. The van der Waals surface area contributed by atoms with E-state index in [0.29, 0.717) is 13.0 Å². The van der Waals surface area contributed by atoms with E-state index in [9.17, 15) is 5.11 Å². The molecule has 0 radical (unpaired) electrons. The molecule has 0 aliphatic rings. The van der Waals surface area contributed by atoms with Crippen LogP contribution in [0.15, 0.2) is 24.3 Å². The van der Waals surface area contributed by atoms with E-state index in [1.54, 1.807) is 0 Å². The van der Waals surface area contributed by atoms with Crippen LogP contribution in [0.25, 0.3) is 0 Å². The molecule has 2 atom stereocenters. The summed E-state index contributed by atoms with van der Waals surface area (Å²) in [5, 5.41) is 10.0. The van der Waals surface area contributed by atoms with Crippen LogP contribution >= 0.6 is 0 Å². The van der Waals surface area contributed by atoms with Crippen LogP contribution in [0.3, 0.4) is 0 Å². The highest BCUT2D eigenvalue weighted by molar-refractivity contribution is 5.27. The van der Waals surface area contributed by atoms with E-state index in [1.165, 1.54) is 5.56 Å². The van der Waals surface area contributed by atoms with Gasteiger partial charge in [0.25, 0.3) is 0 Å². The molecule has 1 aromatic rings. The predicted octanol–water partition coefficient (Wildman–Crippen LogP) is 3.31. The third kappa shape index (κ3) is 4.43. The van der Waals surface area contributed by atoms with Crippen LogP contribution in [0.1, 0.15) is 45.7 Å². The van der Waals surface area contributed by atoms with Gasteiger partial charge in [0.1, 0.15) is 0 Å². The van der Waals surface area contributed by atoms with Gasteiger partial charge in [-0.15, -0.1) is 0 Å². The number of benzene rings is 1. The lowest BCUT2D eigenvalue weighted by atomic mass is 9.86. The summed E-state index contributed by atoms with van der Waals surface area (Å²) < 4.78 is 5.40. The first-order valence-corrected chi connectivity index (χ1v) is 6.73. The van der Waals surface area contributed by atoms with Crippen LogP contribution in [0, 0.1) is 0 Å². The highest BCUT2D eigenvalue weighted by atomic mass is 16.5. The van der Waals surface area contributed by atoms with Crippen molar-refractivity contribution in [3.8, 4) is 0 Å². The topological polar surface area (TPSA) is 29.5 Å². The van der Waals surface area contributed by atoms with Gasteiger partial charge in [-0.25, -0.2) is 0 Å².